The lowest BCUT2D eigenvalue weighted by Crippen LogP contribution is -2.78. The van der Waals surface area contributed by atoms with Crippen LogP contribution in [0.5, 0.6) is 0 Å². The van der Waals surface area contributed by atoms with Crippen molar-refractivity contribution >= 4 is 35.5 Å². The Labute approximate surface area is 253 Å². The number of hydrogen-bond acceptors (Lipinski definition) is 11. The van der Waals surface area contributed by atoms with E-state index in [2.05, 4.69) is 34.5 Å². The highest BCUT2D eigenvalue weighted by Gasteiger charge is 2.73. The van der Waals surface area contributed by atoms with Crippen LogP contribution in [0, 0.1) is 0 Å². The fourth-order valence-corrected chi connectivity index (χ4v) is 7.46. The second kappa shape index (κ2) is 9.40. The summed E-state index contributed by atoms with van der Waals surface area (Å²) in [6.45, 7) is 3.78. The summed E-state index contributed by atoms with van der Waals surface area (Å²) in [5.74, 6) is -3.71. The van der Waals surface area contributed by atoms with Gasteiger partial charge in [-0.3, -0.25) is 19.4 Å². The Balaban J connectivity index is 1.17. The zero-order valence-corrected chi connectivity index (χ0v) is 24.4. The van der Waals surface area contributed by atoms with Crippen molar-refractivity contribution in [3.63, 3.8) is 0 Å². The normalized spacial score (nSPS) is 29.5. The van der Waals surface area contributed by atoms with Gasteiger partial charge < -0.3 is 37.2 Å². The molecule has 1 aliphatic carbocycles. The number of aliphatic imine (C=N–C) groups is 2. The van der Waals surface area contributed by atoms with Gasteiger partial charge in [0.15, 0.2) is 17.6 Å². The molecule has 5 aliphatic rings. The molecule has 7 rings (SSSR count). The molecule has 4 amide bonds. The van der Waals surface area contributed by atoms with Gasteiger partial charge in [-0.25, -0.2) is 14.8 Å². The van der Waals surface area contributed by atoms with E-state index in [0.29, 0.717) is 11.3 Å². The number of carbonyl (C=O) groups excluding carboxylic acids is 3. The van der Waals surface area contributed by atoms with Crippen molar-refractivity contribution in [2.45, 2.75) is 61.7 Å². The number of benzene rings is 2. The van der Waals surface area contributed by atoms with Gasteiger partial charge >= 0.3 is 6.03 Å². The van der Waals surface area contributed by atoms with Gasteiger partial charge in [-0.2, -0.15) is 0 Å². The average molecular weight is 602 g/mol. The molecule has 14 heteroatoms. The molecule has 230 valence electrons. The number of nitrogens with zero attached hydrogens (tertiary/aromatic N) is 5. The molecule has 0 aromatic heterocycles. The second-order valence-corrected chi connectivity index (χ2v) is 12.7. The largest absolute Gasteiger partial charge is 0.370 e. The summed E-state index contributed by atoms with van der Waals surface area (Å²) in [5, 5.41) is 29.4. The topological polar surface area (TPSA) is 202 Å². The maximum atomic E-state index is 13.6. The highest BCUT2D eigenvalue weighted by Crippen LogP contribution is 2.45. The maximum absolute atomic E-state index is 13.6. The zero-order chi connectivity index (χ0) is 31.2. The van der Waals surface area contributed by atoms with Gasteiger partial charge in [0.2, 0.25) is 5.79 Å². The summed E-state index contributed by atoms with van der Waals surface area (Å²) in [7, 11) is 0. The fraction of sp³-hybridized carbons (Fsp3) is 0.433. The molecule has 2 aromatic rings. The number of carbonyl (C=O) groups is 3. The highest BCUT2D eigenvalue weighted by atomic mass is 16.5. The summed E-state index contributed by atoms with van der Waals surface area (Å²) < 4.78 is 0. The number of hydrogen-bond donors (Lipinski definition) is 6. The molecule has 0 saturated carbocycles. The van der Waals surface area contributed by atoms with Crippen LogP contribution < -0.4 is 27.0 Å². The monoisotopic (exact) mass is 601 g/mol. The number of amides is 4. The number of nitrogens with one attached hydrogen (secondary N) is 2. The van der Waals surface area contributed by atoms with Gasteiger partial charge in [0.25, 0.3) is 11.8 Å². The van der Waals surface area contributed by atoms with Crippen molar-refractivity contribution < 1.29 is 24.6 Å². The molecule has 8 N–H and O–H groups in total. The van der Waals surface area contributed by atoms with Crippen LogP contribution in [0.1, 0.15) is 41.8 Å². The van der Waals surface area contributed by atoms with E-state index in [-0.39, 0.29) is 37.0 Å². The Morgan fingerprint density at radius 2 is 1.84 bits per heavy atom. The number of anilines is 1. The molecule has 2 aromatic carbocycles. The van der Waals surface area contributed by atoms with Crippen LogP contribution in [0.15, 0.2) is 58.5 Å². The van der Waals surface area contributed by atoms with Gasteiger partial charge in [0.05, 0.1) is 12.6 Å². The maximum Gasteiger partial charge on any atom is 0.331 e. The number of nitrogens with two attached hydrogens (primary N) is 2. The Hall–Kier alpha value is -4.69. The van der Waals surface area contributed by atoms with Crippen LogP contribution in [0.25, 0.3) is 0 Å². The molecule has 44 heavy (non-hydrogen) atoms. The van der Waals surface area contributed by atoms with E-state index < -0.39 is 47.4 Å². The lowest BCUT2D eigenvalue weighted by atomic mass is 9.84. The number of fused-ring (bicyclic) bond motifs is 1. The van der Waals surface area contributed by atoms with Crippen molar-refractivity contribution in [3.8, 4) is 0 Å². The van der Waals surface area contributed by atoms with E-state index in [0.717, 1.165) is 28.9 Å². The molecule has 0 radical (unpaired) electrons. The van der Waals surface area contributed by atoms with Gasteiger partial charge in [-0.1, -0.05) is 44.2 Å². The Morgan fingerprint density at radius 3 is 2.59 bits per heavy atom. The molecular weight excluding hydrogens is 566 g/mol. The fourth-order valence-electron chi connectivity index (χ4n) is 7.46. The lowest BCUT2D eigenvalue weighted by molar-refractivity contribution is -0.230. The van der Waals surface area contributed by atoms with Crippen molar-refractivity contribution in [3.05, 3.63) is 65.2 Å². The Kier molecular flexibility index (Phi) is 6.01. The summed E-state index contributed by atoms with van der Waals surface area (Å²) in [6.07, 6.45) is 1.64. The number of para-hydroxylation sites is 1. The molecule has 0 bridgehead atoms. The van der Waals surface area contributed by atoms with E-state index >= 15 is 0 Å². The number of imide groups is 1. The van der Waals surface area contributed by atoms with Crippen molar-refractivity contribution in [1.82, 2.24) is 20.4 Å². The number of rotatable bonds is 5. The number of guanidine groups is 2. The van der Waals surface area contributed by atoms with Crippen LogP contribution in [-0.2, 0) is 16.6 Å². The van der Waals surface area contributed by atoms with Crippen LogP contribution in [0.2, 0.25) is 0 Å². The van der Waals surface area contributed by atoms with Crippen LogP contribution >= 0.6 is 0 Å². The third-order valence-corrected chi connectivity index (χ3v) is 9.75. The van der Waals surface area contributed by atoms with Gasteiger partial charge in [0, 0.05) is 17.8 Å². The van der Waals surface area contributed by atoms with Crippen molar-refractivity contribution in [2.24, 2.45) is 21.5 Å². The van der Waals surface area contributed by atoms with Crippen LogP contribution in [0.4, 0.5) is 10.5 Å². The van der Waals surface area contributed by atoms with Crippen LogP contribution in [0.3, 0.4) is 0 Å². The first-order chi connectivity index (χ1) is 20.8. The predicted octanol–water partition coefficient (Wildman–Crippen LogP) is -0.846. The summed E-state index contributed by atoms with van der Waals surface area (Å²) in [5.41, 5.74) is 13.7. The van der Waals surface area contributed by atoms with Gasteiger partial charge in [-0.05, 0) is 47.6 Å². The molecular formula is C30H35N9O5. The average Bonchev–Trinajstić information content (AvgIpc) is 3.66. The third kappa shape index (κ3) is 3.83. The van der Waals surface area contributed by atoms with Gasteiger partial charge in [-0.15, -0.1) is 0 Å². The van der Waals surface area contributed by atoms with E-state index in [1.807, 2.05) is 18.2 Å². The van der Waals surface area contributed by atoms with E-state index in [1.165, 1.54) is 9.80 Å². The molecule has 2 fully saturated rings. The summed E-state index contributed by atoms with van der Waals surface area (Å²) >= 11 is 0. The first-order valence-electron chi connectivity index (χ1n) is 14.6. The first-order valence-corrected chi connectivity index (χ1v) is 14.6. The standard InChI is InChI=1S/C30H35N9O5/c1-28(2)12-11-17-18(9-6-10-19(17)28)24(41)34-21-14-39-26(32)33-20(23-29(39,30(21,43)44)36-25(31)35-23)13-38-22(40)15-37(27(38)42)16-7-4-3-5-8-16/h3-10,20-21,23,43-44H,11-15H2,1-2H3,(H2,32,33)(H,34,41)(H3,31,35,36)/t20-,21?,23-,29?/m0/s1. The zero-order valence-electron chi connectivity index (χ0n) is 24.4. The molecule has 4 aliphatic heterocycles. The number of urea groups is 1. The summed E-state index contributed by atoms with van der Waals surface area (Å²) in [6, 6.07) is 10.6. The Bertz CT molecular complexity index is 1640. The van der Waals surface area contributed by atoms with Gasteiger partial charge in [0.1, 0.15) is 18.6 Å². The quantitative estimate of drug-likeness (QED) is 0.186. The molecule has 14 nitrogen and oxygen atoms in total. The minimum atomic E-state index is -2.65. The molecule has 1 spiro atoms. The first kappa shape index (κ1) is 28.1. The SMILES string of the molecule is CC1(C)CCc2c(C(=O)NC3CN4C(N)=N[C@@H](CN5C(=O)CN(c6ccccc6)C5=O)[C@@H]5N=C(N)NC54C3(O)O)cccc21. The predicted molar refractivity (Wildman–Crippen MR) is 161 cm³/mol. The third-order valence-electron chi connectivity index (χ3n) is 9.75. The summed E-state index contributed by atoms with van der Waals surface area (Å²) in [4.78, 5) is 52.8. The Morgan fingerprint density at radius 1 is 1.09 bits per heavy atom. The second-order valence-electron chi connectivity index (χ2n) is 12.7. The highest BCUT2D eigenvalue weighted by molar-refractivity contribution is 6.12. The minimum absolute atomic E-state index is 0.0671. The van der Waals surface area contributed by atoms with Crippen molar-refractivity contribution in [2.75, 3.05) is 24.5 Å². The van der Waals surface area contributed by atoms with E-state index in [9.17, 15) is 24.6 Å². The van der Waals surface area contributed by atoms with E-state index in [4.69, 9.17) is 11.5 Å². The smallest absolute Gasteiger partial charge is 0.331 e. The molecule has 2 unspecified atom stereocenters. The number of aliphatic hydroxyl groups is 2. The minimum Gasteiger partial charge on any atom is -0.370 e. The molecule has 2 saturated heterocycles. The molecule has 4 heterocycles. The van der Waals surface area contributed by atoms with Crippen LogP contribution in [-0.4, -0.2) is 99.0 Å². The van der Waals surface area contributed by atoms with E-state index in [1.54, 1.807) is 30.3 Å². The van der Waals surface area contributed by atoms with Crippen molar-refractivity contribution in [1.29, 1.82) is 0 Å². The molecule has 4 atom stereocenters. The lowest BCUT2D eigenvalue weighted by Gasteiger charge is -2.49.